The molecule has 0 bridgehead atoms. The molecule has 3 aromatic rings. The average molecular weight is 420 g/mol. The minimum atomic E-state index is -1.83. The summed E-state index contributed by atoms with van der Waals surface area (Å²) in [6.07, 6.45) is 1.40. The van der Waals surface area contributed by atoms with Gasteiger partial charge in [-0.3, -0.25) is 5.43 Å². The molecular weight excluding hydrogens is 408 g/mol. The van der Waals surface area contributed by atoms with Crippen LogP contribution in [0.1, 0.15) is 16.1 Å². The van der Waals surface area contributed by atoms with Gasteiger partial charge in [-0.15, -0.1) is 10.2 Å². The van der Waals surface area contributed by atoms with Crippen molar-refractivity contribution in [3.63, 3.8) is 0 Å². The number of carboxylic acids is 1. The summed E-state index contributed by atoms with van der Waals surface area (Å²) in [5.41, 5.74) is 2.64. The third-order valence-electron chi connectivity index (χ3n) is 3.88. The fraction of sp³-hybridized carbons (Fsp3) is 0.0556. The molecule has 2 N–H and O–H groups in total. The van der Waals surface area contributed by atoms with Gasteiger partial charge in [0.2, 0.25) is 11.6 Å². The molecule has 0 aliphatic rings. The van der Waals surface area contributed by atoms with Gasteiger partial charge in [-0.05, 0) is 36.4 Å². The lowest BCUT2D eigenvalue weighted by Gasteiger charge is -2.02. The molecule has 8 nitrogen and oxygen atoms in total. The molecular formula is C18H12F4N6O2. The Labute approximate surface area is 166 Å². The Morgan fingerprint density at radius 2 is 1.67 bits per heavy atom. The lowest BCUT2D eigenvalue weighted by atomic mass is 10.2. The predicted molar refractivity (Wildman–Crippen MR) is 98.3 cm³/mol. The van der Waals surface area contributed by atoms with Crippen LogP contribution in [0.3, 0.4) is 0 Å². The number of anilines is 1. The molecule has 0 radical (unpaired) electrons. The van der Waals surface area contributed by atoms with Crippen molar-refractivity contribution in [2.45, 2.75) is 0 Å². The van der Waals surface area contributed by atoms with E-state index in [0.29, 0.717) is 11.4 Å². The first-order valence-corrected chi connectivity index (χ1v) is 8.18. The van der Waals surface area contributed by atoms with E-state index in [1.54, 1.807) is 13.1 Å². The van der Waals surface area contributed by atoms with Crippen LogP contribution in [0.4, 0.5) is 34.8 Å². The van der Waals surface area contributed by atoms with Crippen molar-refractivity contribution in [2.75, 3.05) is 5.43 Å². The Balaban J connectivity index is 1.74. The van der Waals surface area contributed by atoms with Crippen molar-refractivity contribution in [3.8, 4) is 0 Å². The molecule has 0 spiro atoms. The van der Waals surface area contributed by atoms with Crippen molar-refractivity contribution >= 4 is 29.4 Å². The minimum Gasteiger partial charge on any atom is -0.478 e. The third kappa shape index (κ3) is 4.32. The molecule has 0 atom stereocenters. The van der Waals surface area contributed by atoms with E-state index in [0.717, 1.165) is 0 Å². The molecule has 0 amide bonds. The van der Waals surface area contributed by atoms with Crippen LogP contribution < -0.4 is 5.43 Å². The van der Waals surface area contributed by atoms with E-state index < -0.39 is 35.2 Å². The number of carboxylic acid groups (broad SMARTS) is 1. The molecule has 2 aromatic heterocycles. The van der Waals surface area contributed by atoms with E-state index in [1.807, 2.05) is 0 Å². The Hall–Kier alpha value is -4.09. The summed E-state index contributed by atoms with van der Waals surface area (Å²) in [6, 6.07) is 8.88. The minimum absolute atomic E-state index is 0.124. The van der Waals surface area contributed by atoms with Gasteiger partial charge >= 0.3 is 5.97 Å². The second kappa shape index (κ2) is 8.51. The van der Waals surface area contributed by atoms with E-state index in [4.69, 9.17) is 5.11 Å². The average Bonchev–Trinajstić information content (AvgIpc) is 3.06. The number of nitrogens with zero attached hydrogens (tertiary/aromatic N) is 5. The summed E-state index contributed by atoms with van der Waals surface area (Å²) in [4.78, 5) is 13.3. The van der Waals surface area contributed by atoms with E-state index >= 15 is 0 Å². The summed E-state index contributed by atoms with van der Waals surface area (Å²) in [6.45, 7) is 0. The van der Waals surface area contributed by atoms with E-state index in [2.05, 4.69) is 25.7 Å². The summed E-state index contributed by atoms with van der Waals surface area (Å²) in [7, 11) is 1.55. The maximum absolute atomic E-state index is 13.6. The molecule has 0 aliphatic carbocycles. The molecule has 0 aliphatic heterocycles. The summed E-state index contributed by atoms with van der Waals surface area (Å²) in [5.74, 6) is -8.10. The molecule has 0 saturated heterocycles. The number of azo groups is 1. The highest BCUT2D eigenvalue weighted by Gasteiger charge is 2.20. The molecule has 12 heteroatoms. The summed E-state index contributed by atoms with van der Waals surface area (Å²) >= 11 is 0. The zero-order chi connectivity index (χ0) is 21.8. The fourth-order valence-corrected chi connectivity index (χ4v) is 2.27. The summed E-state index contributed by atoms with van der Waals surface area (Å²) in [5, 5.41) is 19.7. The Morgan fingerprint density at radius 1 is 1.03 bits per heavy atom. The SMILES string of the molecule is Cn1c(/C=N/Nc2ccc(C(=O)O)cc2)ccc1N=Nc1c(F)c(F)nc(F)c1F. The van der Waals surface area contributed by atoms with Gasteiger partial charge in [0.1, 0.15) is 0 Å². The van der Waals surface area contributed by atoms with E-state index in [1.165, 1.54) is 41.1 Å². The largest absolute Gasteiger partial charge is 0.478 e. The molecule has 2 heterocycles. The van der Waals surface area contributed by atoms with Gasteiger partial charge < -0.3 is 9.67 Å². The quantitative estimate of drug-likeness (QED) is 0.201. The predicted octanol–water partition coefficient (Wildman–Crippen LogP) is 4.54. The fourth-order valence-electron chi connectivity index (χ4n) is 2.27. The van der Waals surface area contributed by atoms with Crippen LogP contribution in [0.25, 0.3) is 0 Å². The standard InChI is InChI=1S/C18H12F4N6O2/c1-28-11(8-23-25-10-4-2-9(3-5-10)18(29)30)6-7-12(28)26-27-15-13(19)16(21)24-17(22)14(15)20/h2-8,25H,1H3,(H,29,30)/b23-8+,27-26?. The Kier molecular flexibility index (Phi) is 5.85. The smallest absolute Gasteiger partial charge is 0.335 e. The lowest BCUT2D eigenvalue weighted by molar-refractivity contribution is 0.0697. The molecule has 30 heavy (non-hydrogen) atoms. The lowest BCUT2D eigenvalue weighted by Crippen LogP contribution is -1.99. The van der Waals surface area contributed by atoms with Gasteiger partial charge in [-0.1, -0.05) is 0 Å². The van der Waals surface area contributed by atoms with E-state index in [9.17, 15) is 22.4 Å². The van der Waals surface area contributed by atoms with Crippen LogP contribution in [0, 0.1) is 23.5 Å². The molecule has 1 aromatic carbocycles. The monoisotopic (exact) mass is 420 g/mol. The van der Waals surface area contributed by atoms with E-state index in [-0.39, 0.29) is 11.4 Å². The number of hydrogen-bond acceptors (Lipinski definition) is 6. The van der Waals surface area contributed by atoms with Crippen LogP contribution in [0.15, 0.2) is 51.7 Å². The third-order valence-corrected chi connectivity index (χ3v) is 3.88. The maximum atomic E-state index is 13.6. The first kappa shape index (κ1) is 20.6. The molecule has 0 unspecified atom stereocenters. The van der Waals surface area contributed by atoms with Crippen LogP contribution in [-0.2, 0) is 7.05 Å². The van der Waals surface area contributed by atoms with Crippen molar-refractivity contribution in [1.29, 1.82) is 0 Å². The Bertz CT molecular complexity index is 1130. The number of carbonyl (C=O) groups is 1. The van der Waals surface area contributed by atoms with Crippen LogP contribution >= 0.6 is 0 Å². The van der Waals surface area contributed by atoms with Gasteiger partial charge in [0, 0.05) is 7.05 Å². The Morgan fingerprint density at radius 3 is 2.27 bits per heavy atom. The van der Waals surface area contributed by atoms with Crippen molar-refractivity contribution in [2.24, 2.45) is 22.4 Å². The van der Waals surface area contributed by atoms with Gasteiger partial charge in [0.15, 0.2) is 11.5 Å². The van der Waals surface area contributed by atoms with Crippen LogP contribution in [0.2, 0.25) is 0 Å². The highest BCUT2D eigenvalue weighted by Crippen LogP contribution is 2.27. The van der Waals surface area contributed by atoms with Crippen molar-refractivity contribution in [1.82, 2.24) is 9.55 Å². The van der Waals surface area contributed by atoms with Crippen LogP contribution in [0.5, 0.6) is 0 Å². The van der Waals surface area contributed by atoms with Gasteiger partial charge in [0.05, 0.1) is 23.2 Å². The normalized spacial score (nSPS) is 11.5. The topological polar surface area (TPSA) is 104 Å². The van der Waals surface area contributed by atoms with Gasteiger partial charge in [-0.2, -0.15) is 27.6 Å². The number of benzene rings is 1. The number of aromatic nitrogens is 2. The van der Waals surface area contributed by atoms with Crippen LogP contribution in [-0.4, -0.2) is 26.8 Å². The first-order chi connectivity index (χ1) is 14.3. The molecule has 3 rings (SSSR count). The van der Waals surface area contributed by atoms with Crippen molar-refractivity contribution < 1.29 is 27.5 Å². The van der Waals surface area contributed by atoms with Gasteiger partial charge in [0.25, 0.3) is 11.9 Å². The molecule has 154 valence electrons. The second-order valence-electron chi connectivity index (χ2n) is 5.80. The number of hydrogen-bond donors (Lipinski definition) is 2. The number of aromatic carboxylic acids is 1. The first-order valence-electron chi connectivity index (χ1n) is 8.18. The van der Waals surface area contributed by atoms with Crippen molar-refractivity contribution in [3.05, 3.63) is 71.2 Å². The zero-order valence-electron chi connectivity index (χ0n) is 15.1. The number of rotatable bonds is 6. The highest BCUT2D eigenvalue weighted by atomic mass is 19.2. The van der Waals surface area contributed by atoms with Gasteiger partial charge in [-0.25, -0.2) is 4.79 Å². The number of nitrogens with one attached hydrogen (secondary N) is 1. The molecule has 0 saturated carbocycles. The molecule has 0 fully saturated rings. The zero-order valence-corrected chi connectivity index (χ0v) is 15.1. The highest BCUT2D eigenvalue weighted by molar-refractivity contribution is 5.88. The number of hydrazone groups is 1. The summed E-state index contributed by atoms with van der Waals surface area (Å²) < 4.78 is 54.8. The maximum Gasteiger partial charge on any atom is 0.335 e. The number of halogens is 4. The second-order valence-corrected chi connectivity index (χ2v) is 5.80. The number of pyridine rings is 1.